The maximum atomic E-state index is 11.0. The van der Waals surface area contributed by atoms with Gasteiger partial charge in [0.15, 0.2) is 0 Å². The largest absolute Gasteiger partial charge is 0.545 e. The van der Waals surface area contributed by atoms with E-state index in [2.05, 4.69) is 0 Å². The summed E-state index contributed by atoms with van der Waals surface area (Å²) < 4.78 is 0. The Morgan fingerprint density at radius 3 is 2.38 bits per heavy atom. The third-order valence-electron chi connectivity index (χ3n) is 2.48. The van der Waals surface area contributed by atoms with Crippen LogP contribution in [0.2, 0.25) is 0 Å². The summed E-state index contributed by atoms with van der Waals surface area (Å²) >= 11 is 0. The molecule has 0 fully saturated rings. The molecule has 0 spiro atoms. The predicted octanol–water partition coefficient (Wildman–Crippen LogP) is 2.03. The van der Waals surface area contributed by atoms with Crippen molar-refractivity contribution in [1.82, 2.24) is 0 Å². The van der Waals surface area contributed by atoms with Gasteiger partial charge in [-0.25, -0.2) is 0 Å². The Labute approximate surface area is 94.2 Å². The van der Waals surface area contributed by atoms with Gasteiger partial charge in [-0.15, -0.1) is 0 Å². The summed E-state index contributed by atoms with van der Waals surface area (Å²) in [6, 6.07) is 14.7. The van der Waals surface area contributed by atoms with E-state index in [4.69, 9.17) is 0 Å². The quantitative estimate of drug-likeness (QED) is 0.762. The van der Waals surface area contributed by atoms with Gasteiger partial charge in [0.05, 0.1) is 5.97 Å². The highest BCUT2D eigenvalue weighted by molar-refractivity contribution is 5.94. The van der Waals surface area contributed by atoms with Crippen molar-refractivity contribution in [2.75, 3.05) is 0 Å². The molecule has 0 saturated carbocycles. The van der Waals surface area contributed by atoms with Crippen LogP contribution in [0.3, 0.4) is 0 Å². The molecule has 2 heteroatoms. The van der Waals surface area contributed by atoms with Crippen LogP contribution in [-0.4, -0.2) is 5.97 Å². The molecule has 0 N–H and O–H groups in total. The Hall–Kier alpha value is -2.09. The normalized spacial score (nSPS) is 10.1. The zero-order valence-corrected chi connectivity index (χ0v) is 8.94. The summed E-state index contributed by atoms with van der Waals surface area (Å²) in [4.78, 5) is 11.0. The van der Waals surface area contributed by atoms with Gasteiger partial charge in [-0.2, -0.15) is 0 Å². The molecule has 0 aliphatic heterocycles. The molecule has 0 aliphatic rings. The summed E-state index contributed by atoms with van der Waals surface area (Å²) in [7, 11) is 0. The van der Waals surface area contributed by atoms with Crippen molar-refractivity contribution < 1.29 is 9.90 Å². The molecule has 0 amide bonds. The van der Waals surface area contributed by atoms with Crippen LogP contribution < -0.4 is 5.11 Å². The summed E-state index contributed by atoms with van der Waals surface area (Å²) in [5, 5.41) is 11.0. The molecule has 2 rings (SSSR count). The Morgan fingerprint density at radius 2 is 1.75 bits per heavy atom. The third kappa shape index (κ3) is 1.96. The average molecular weight is 211 g/mol. The summed E-state index contributed by atoms with van der Waals surface area (Å²) in [6.45, 7) is 1.94. The minimum absolute atomic E-state index is 0.233. The van der Waals surface area contributed by atoms with Crippen molar-refractivity contribution in [2.24, 2.45) is 0 Å². The molecule has 0 bridgehead atoms. The van der Waals surface area contributed by atoms with Crippen LogP contribution in [0.1, 0.15) is 15.9 Å². The molecule has 0 heterocycles. The number of hydrogen-bond donors (Lipinski definition) is 0. The maximum absolute atomic E-state index is 11.0. The van der Waals surface area contributed by atoms with Gasteiger partial charge in [0, 0.05) is 5.56 Å². The van der Waals surface area contributed by atoms with Gasteiger partial charge in [0.25, 0.3) is 0 Å². The number of carboxylic acids is 1. The number of aryl methyl sites for hydroxylation is 1. The van der Waals surface area contributed by atoms with E-state index in [1.807, 2.05) is 43.3 Å². The van der Waals surface area contributed by atoms with E-state index in [-0.39, 0.29) is 5.56 Å². The predicted molar refractivity (Wildman–Crippen MR) is 60.9 cm³/mol. The number of benzene rings is 2. The molecule has 0 saturated heterocycles. The highest BCUT2D eigenvalue weighted by atomic mass is 16.4. The van der Waals surface area contributed by atoms with Crippen LogP contribution in [0.15, 0.2) is 48.5 Å². The fraction of sp³-hybridized carbons (Fsp3) is 0.0714. The highest BCUT2D eigenvalue weighted by Crippen LogP contribution is 2.24. The molecule has 2 nitrogen and oxygen atoms in total. The second-order valence-electron chi connectivity index (χ2n) is 3.70. The van der Waals surface area contributed by atoms with E-state index in [9.17, 15) is 9.90 Å². The number of carboxylic acid groups (broad SMARTS) is 1. The first-order valence-corrected chi connectivity index (χ1v) is 5.06. The van der Waals surface area contributed by atoms with Gasteiger partial charge < -0.3 is 9.90 Å². The molecule has 0 atom stereocenters. The van der Waals surface area contributed by atoms with E-state index in [0.29, 0.717) is 5.56 Å². The smallest absolute Gasteiger partial charge is 0.0721 e. The number of hydrogen-bond acceptors (Lipinski definition) is 2. The van der Waals surface area contributed by atoms with Crippen LogP contribution in [0.5, 0.6) is 0 Å². The SMILES string of the molecule is Cc1ccc(C(=O)[O-])c(-c2ccccc2)c1. The lowest BCUT2D eigenvalue weighted by Crippen LogP contribution is -2.23. The zero-order valence-electron chi connectivity index (χ0n) is 8.94. The van der Waals surface area contributed by atoms with Crippen LogP contribution in [0.25, 0.3) is 11.1 Å². The zero-order chi connectivity index (χ0) is 11.5. The molecular weight excluding hydrogens is 200 g/mol. The van der Waals surface area contributed by atoms with Crippen molar-refractivity contribution in [1.29, 1.82) is 0 Å². The van der Waals surface area contributed by atoms with Crippen molar-refractivity contribution in [3.63, 3.8) is 0 Å². The van der Waals surface area contributed by atoms with Gasteiger partial charge in [0.1, 0.15) is 0 Å². The van der Waals surface area contributed by atoms with E-state index >= 15 is 0 Å². The molecule has 0 unspecified atom stereocenters. The second kappa shape index (κ2) is 4.19. The lowest BCUT2D eigenvalue weighted by atomic mass is 9.98. The molecule has 2 aromatic rings. The number of carbonyl (C=O) groups is 1. The van der Waals surface area contributed by atoms with Crippen molar-refractivity contribution >= 4 is 5.97 Å². The Balaban J connectivity index is 2.63. The van der Waals surface area contributed by atoms with Crippen molar-refractivity contribution in [3.05, 3.63) is 59.7 Å². The van der Waals surface area contributed by atoms with Crippen LogP contribution in [-0.2, 0) is 0 Å². The number of carbonyl (C=O) groups excluding carboxylic acids is 1. The topological polar surface area (TPSA) is 40.1 Å². The first-order valence-electron chi connectivity index (χ1n) is 5.06. The highest BCUT2D eigenvalue weighted by Gasteiger charge is 2.05. The van der Waals surface area contributed by atoms with E-state index in [1.54, 1.807) is 12.1 Å². The van der Waals surface area contributed by atoms with Gasteiger partial charge in [-0.1, -0.05) is 54.1 Å². The molecular formula is C14H11O2-. The van der Waals surface area contributed by atoms with Gasteiger partial charge >= 0.3 is 0 Å². The van der Waals surface area contributed by atoms with Gasteiger partial charge in [0.2, 0.25) is 0 Å². The van der Waals surface area contributed by atoms with Gasteiger partial charge in [-0.3, -0.25) is 0 Å². The average Bonchev–Trinajstić information content (AvgIpc) is 2.29. The Morgan fingerprint density at radius 1 is 1.06 bits per heavy atom. The molecule has 0 radical (unpaired) electrons. The fourth-order valence-electron chi connectivity index (χ4n) is 1.69. The number of rotatable bonds is 2. The van der Waals surface area contributed by atoms with Crippen molar-refractivity contribution in [2.45, 2.75) is 6.92 Å². The number of aromatic carboxylic acids is 1. The van der Waals surface area contributed by atoms with E-state index in [1.165, 1.54) is 0 Å². The van der Waals surface area contributed by atoms with E-state index < -0.39 is 5.97 Å². The molecule has 16 heavy (non-hydrogen) atoms. The van der Waals surface area contributed by atoms with Crippen LogP contribution in [0.4, 0.5) is 0 Å². The standard InChI is InChI=1S/C14H12O2/c1-10-7-8-12(14(15)16)13(9-10)11-5-3-2-4-6-11/h2-9H,1H3,(H,15,16)/p-1. The molecule has 2 aromatic carbocycles. The van der Waals surface area contributed by atoms with E-state index in [0.717, 1.165) is 11.1 Å². The first-order chi connectivity index (χ1) is 7.68. The summed E-state index contributed by atoms with van der Waals surface area (Å²) in [6.07, 6.45) is 0. The van der Waals surface area contributed by atoms with Crippen molar-refractivity contribution in [3.8, 4) is 11.1 Å². The molecule has 0 aromatic heterocycles. The summed E-state index contributed by atoms with van der Waals surface area (Å²) in [5.74, 6) is -1.14. The first kappa shape index (κ1) is 10.4. The summed E-state index contributed by atoms with van der Waals surface area (Å²) in [5.41, 5.74) is 2.87. The fourth-order valence-corrected chi connectivity index (χ4v) is 1.69. The lowest BCUT2D eigenvalue weighted by molar-refractivity contribution is -0.254. The minimum atomic E-state index is -1.14. The Bertz CT molecular complexity index is 516. The Kier molecular flexibility index (Phi) is 2.73. The van der Waals surface area contributed by atoms with Crippen LogP contribution in [0, 0.1) is 6.92 Å². The maximum Gasteiger partial charge on any atom is 0.0721 e. The molecule has 0 aliphatic carbocycles. The minimum Gasteiger partial charge on any atom is -0.545 e. The van der Waals surface area contributed by atoms with Gasteiger partial charge in [-0.05, 0) is 18.1 Å². The monoisotopic (exact) mass is 211 g/mol. The second-order valence-corrected chi connectivity index (χ2v) is 3.70. The molecule has 80 valence electrons. The van der Waals surface area contributed by atoms with Crippen LogP contribution >= 0.6 is 0 Å². The third-order valence-corrected chi connectivity index (χ3v) is 2.48. The lowest BCUT2D eigenvalue weighted by Gasteiger charge is -2.11.